The molecule has 3 rings (SSSR count). The number of amides is 1. The van der Waals surface area contributed by atoms with Crippen molar-refractivity contribution in [2.75, 3.05) is 33.0 Å². The average Bonchev–Trinajstić information content (AvgIpc) is 3.10. The third kappa shape index (κ3) is 4.01. The Morgan fingerprint density at radius 2 is 2.22 bits per heavy atom. The quantitative estimate of drug-likeness (QED) is 0.774. The van der Waals surface area contributed by atoms with Crippen molar-refractivity contribution < 1.29 is 19.0 Å². The molecule has 0 unspecified atom stereocenters. The fourth-order valence-electron chi connectivity index (χ4n) is 2.28. The molecule has 2 heterocycles. The molecule has 0 aliphatic carbocycles. The summed E-state index contributed by atoms with van der Waals surface area (Å²) >= 11 is 0. The molecule has 7 nitrogen and oxygen atoms in total. The molecule has 1 aliphatic rings. The molecule has 0 saturated heterocycles. The number of hydrogen-bond acceptors (Lipinski definition) is 5. The summed E-state index contributed by atoms with van der Waals surface area (Å²) in [6.07, 6.45) is 5.35. The molecule has 0 atom stereocenters. The summed E-state index contributed by atoms with van der Waals surface area (Å²) in [4.78, 5) is 16.2. The van der Waals surface area contributed by atoms with Gasteiger partial charge in [0, 0.05) is 25.5 Å². The number of hydrogen-bond donors (Lipinski definition) is 1. The van der Waals surface area contributed by atoms with E-state index >= 15 is 0 Å². The van der Waals surface area contributed by atoms with Gasteiger partial charge >= 0.3 is 0 Å². The van der Waals surface area contributed by atoms with E-state index in [4.69, 9.17) is 14.2 Å². The van der Waals surface area contributed by atoms with Gasteiger partial charge in [-0.25, -0.2) is 4.98 Å². The summed E-state index contributed by atoms with van der Waals surface area (Å²) < 4.78 is 18.4. The molecular weight excluding hydrogens is 298 g/mol. The predicted octanol–water partition coefficient (Wildman–Crippen LogP) is 1.10. The molecule has 0 bridgehead atoms. The number of carbonyl (C=O) groups is 1. The minimum Gasteiger partial charge on any atom is -0.486 e. The maximum absolute atomic E-state index is 12.2. The van der Waals surface area contributed by atoms with Crippen molar-refractivity contribution in [1.82, 2.24) is 14.9 Å². The fourth-order valence-corrected chi connectivity index (χ4v) is 2.28. The van der Waals surface area contributed by atoms with Crippen molar-refractivity contribution in [1.29, 1.82) is 0 Å². The monoisotopic (exact) mass is 317 g/mol. The zero-order valence-corrected chi connectivity index (χ0v) is 12.7. The molecule has 1 aromatic carbocycles. The first-order valence-corrected chi connectivity index (χ1v) is 7.55. The number of aromatic nitrogens is 2. The second kappa shape index (κ2) is 7.64. The maximum atomic E-state index is 12.2. The van der Waals surface area contributed by atoms with Gasteiger partial charge < -0.3 is 24.1 Å². The van der Waals surface area contributed by atoms with Crippen LogP contribution < -0.4 is 14.8 Å². The number of imidazole rings is 1. The predicted molar refractivity (Wildman–Crippen MR) is 82.8 cm³/mol. The molecule has 0 radical (unpaired) electrons. The van der Waals surface area contributed by atoms with Crippen molar-refractivity contribution in [3.05, 3.63) is 42.5 Å². The van der Waals surface area contributed by atoms with E-state index in [0.717, 1.165) is 6.54 Å². The highest BCUT2D eigenvalue weighted by Crippen LogP contribution is 2.33. The van der Waals surface area contributed by atoms with Gasteiger partial charge in [-0.15, -0.1) is 0 Å². The van der Waals surface area contributed by atoms with Crippen molar-refractivity contribution >= 4 is 5.91 Å². The van der Waals surface area contributed by atoms with Crippen LogP contribution in [0, 0.1) is 0 Å². The van der Waals surface area contributed by atoms with Gasteiger partial charge in [0.2, 0.25) is 0 Å². The molecule has 2 aromatic rings. The van der Waals surface area contributed by atoms with Crippen LogP contribution >= 0.6 is 0 Å². The summed E-state index contributed by atoms with van der Waals surface area (Å²) in [5, 5.41) is 2.82. The Morgan fingerprint density at radius 3 is 3.09 bits per heavy atom. The number of nitrogens with one attached hydrogen (secondary N) is 1. The van der Waals surface area contributed by atoms with Crippen LogP contribution in [-0.4, -0.2) is 48.4 Å². The average molecular weight is 317 g/mol. The first-order chi connectivity index (χ1) is 11.3. The summed E-state index contributed by atoms with van der Waals surface area (Å²) in [7, 11) is 0. The highest BCUT2D eigenvalue weighted by molar-refractivity contribution is 5.97. The van der Waals surface area contributed by atoms with E-state index < -0.39 is 0 Å². The van der Waals surface area contributed by atoms with Gasteiger partial charge in [0.25, 0.3) is 5.91 Å². The Kier molecular flexibility index (Phi) is 5.10. The number of benzene rings is 1. The maximum Gasteiger partial charge on any atom is 0.255 e. The number of rotatable bonds is 7. The second-order valence-electron chi connectivity index (χ2n) is 5.00. The highest BCUT2D eigenvalue weighted by atomic mass is 16.6. The number of fused-ring (bicyclic) bond motifs is 1. The van der Waals surface area contributed by atoms with Crippen molar-refractivity contribution in [2.45, 2.75) is 6.54 Å². The molecule has 0 saturated carbocycles. The summed E-state index contributed by atoms with van der Waals surface area (Å²) in [6.45, 7) is 3.16. The summed E-state index contributed by atoms with van der Waals surface area (Å²) in [6, 6.07) is 5.30. The molecular formula is C16H19N3O4. The van der Waals surface area contributed by atoms with Gasteiger partial charge in [0.15, 0.2) is 11.5 Å². The molecule has 1 aromatic heterocycles. The number of ether oxygens (including phenoxy) is 3. The van der Waals surface area contributed by atoms with Crippen molar-refractivity contribution in [3.8, 4) is 11.5 Å². The molecule has 23 heavy (non-hydrogen) atoms. The minimum atomic E-state index is -0.189. The van der Waals surface area contributed by atoms with Gasteiger partial charge in [-0.05, 0) is 12.1 Å². The van der Waals surface area contributed by atoms with Gasteiger partial charge in [-0.1, -0.05) is 6.07 Å². The van der Waals surface area contributed by atoms with Gasteiger partial charge in [0.05, 0.1) is 25.1 Å². The minimum absolute atomic E-state index is 0.189. The third-order valence-corrected chi connectivity index (χ3v) is 3.40. The van der Waals surface area contributed by atoms with Crippen LogP contribution in [0.25, 0.3) is 0 Å². The van der Waals surface area contributed by atoms with E-state index in [1.807, 2.05) is 10.8 Å². The highest BCUT2D eigenvalue weighted by Gasteiger charge is 2.19. The summed E-state index contributed by atoms with van der Waals surface area (Å²) in [5.41, 5.74) is 0.487. The number of nitrogens with zero attached hydrogens (tertiary/aromatic N) is 2. The third-order valence-electron chi connectivity index (χ3n) is 3.40. The van der Waals surface area contributed by atoms with Crippen LogP contribution in [0.2, 0.25) is 0 Å². The van der Waals surface area contributed by atoms with E-state index in [1.165, 1.54) is 0 Å². The molecule has 1 aliphatic heterocycles. The number of carbonyl (C=O) groups excluding carboxylic acids is 1. The van der Waals surface area contributed by atoms with Gasteiger partial charge in [-0.3, -0.25) is 4.79 Å². The van der Waals surface area contributed by atoms with Gasteiger partial charge in [-0.2, -0.15) is 0 Å². The topological polar surface area (TPSA) is 74.6 Å². The first-order valence-electron chi connectivity index (χ1n) is 7.55. The Balaban J connectivity index is 1.41. The lowest BCUT2D eigenvalue weighted by atomic mass is 10.1. The molecule has 0 spiro atoms. The Bertz CT molecular complexity index is 643. The van der Waals surface area contributed by atoms with E-state index in [0.29, 0.717) is 50.0 Å². The van der Waals surface area contributed by atoms with E-state index in [2.05, 4.69) is 10.3 Å². The van der Waals surface area contributed by atoms with E-state index in [-0.39, 0.29) is 5.91 Å². The molecule has 1 N–H and O–H groups in total. The van der Waals surface area contributed by atoms with Crippen LogP contribution in [0.3, 0.4) is 0 Å². The van der Waals surface area contributed by atoms with Crippen LogP contribution in [0.1, 0.15) is 10.4 Å². The fraction of sp³-hybridized carbons (Fsp3) is 0.375. The van der Waals surface area contributed by atoms with Crippen molar-refractivity contribution in [2.24, 2.45) is 0 Å². The van der Waals surface area contributed by atoms with Crippen LogP contribution in [0.15, 0.2) is 36.9 Å². The lowest BCUT2D eigenvalue weighted by molar-refractivity contribution is 0.0898. The second-order valence-corrected chi connectivity index (χ2v) is 5.00. The van der Waals surface area contributed by atoms with Crippen LogP contribution in [0.4, 0.5) is 0 Å². The Morgan fingerprint density at radius 1 is 1.30 bits per heavy atom. The summed E-state index contributed by atoms with van der Waals surface area (Å²) in [5.74, 6) is 0.934. The molecule has 1 amide bonds. The van der Waals surface area contributed by atoms with Crippen LogP contribution in [0.5, 0.6) is 11.5 Å². The van der Waals surface area contributed by atoms with E-state index in [1.54, 1.807) is 30.7 Å². The zero-order valence-electron chi connectivity index (χ0n) is 12.7. The number of para-hydroxylation sites is 1. The molecule has 7 heteroatoms. The largest absolute Gasteiger partial charge is 0.486 e. The normalized spacial score (nSPS) is 12.9. The zero-order chi connectivity index (χ0) is 15.9. The lowest BCUT2D eigenvalue weighted by Crippen LogP contribution is -2.29. The molecule has 0 fully saturated rings. The SMILES string of the molecule is O=C(NCCOCCn1ccnc1)c1cccc2c1OCCO2. The van der Waals surface area contributed by atoms with Crippen LogP contribution in [-0.2, 0) is 11.3 Å². The molecule has 122 valence electrons. The smallest absolute Gasteiger partial charge is 0.255 e. The lowest BCUT2D eigenvalue weighted by Gasteiger charge is -2.20. The van der Waals surface area contributed by atoms with E-state index in [9.17, 15) is 4.79 Å². The Labute approximate surface area is 134 Å². The Hall–Kier alpha value is -2.54. The standard InChI is InChI=1S/C16H19N3O4/c20-16(13-2-1-3-14-15(13)23-11-10-22-14)18-5-8-21-9-7-19-6-4-17-12-19/h1-4,6,12H,5,7-11H2,(H,18,20). The first kappa shape index (κ1) is 15.4. The van der Waals surface area contributed by atoms with Gasteiger partial charge in [0.1, 0.15) is 13.2 Å². The van der Waals surface area contributed by atoms with Crippen molar-refractivity contribution in [3.63, 3.8) is 0 Å².